The van der Waals surface area contributed by atoms with E-state index < -0.39 is 6.04 Å². The van der Waals surface area contributed by atoms with E-state index in [0.717, 1.165) is 24.3 Å². The maximum Gasteiger partial charge on any atom is 0.245 e. The zero-order valence-electron chi connectivity index (χ0n) is 15.4. The predicted octanol–water partition coefficient (Wildman–Crippen LogP) is 1.18. The number of nitrogens with zero attached hydrogens (tertiary/aromatic N) is 6. The number of aromatic nitrogens is 6. The van der Waals surface area contributed by atoms with Gasteiger partial charge in [0.05, 0.1) is 7.11 Å². The fourth-order valence-corrected chi connectivity index (χ4v) is 2.84. The Morgan fingerprint density at radius 3 is 2.93 bits per heavy atom. The predicted molar refractivity (Wildman–Crippen MR) is 98.1 cm³/mol. The molecule has 0 unspecified atom stereocenters. The lowest BCUT2D eigenvalue weighted by molar-refractivity contribution is -0.124. The van der Waals surface area contributed by atoms with Crippen molar-refractivity contribution in [3.8, 4) is 5.75 Å². The van der Waals surface area contributed by atoms with Gasteiger partial charge in [-0.25, -0.2) is 4.68 Å². The van der Waals surface area contributed by atoms with E-state index in [0.29, 0.717) is 18.8 Å². The molecule has 1 aromatic carbocycles. The largest absolute Gasteiger partial charge is 0.497 e. The molecule has 0 saturated carbocycles. The number of hydrogen-bond donors (Lipinski definition) is 1. The Labute approximate surface area is 157 Å². The summed E-state index contributed by atoms with van der Waals surface area (Å²) in [7, 11) is 1.62. The highest BCUT2D eigenvalue weighted by atomic mass is 16.5. The van der Waals surface area contributed by atoms with Crippen molar-refractivity contribution in [2.24, 2.45) is 0 Å². The van der Waals surface area contributed by atoms with Crippen LogP contribution in [-0.2, 0) is 17.8 Å². The minimum atomic E-state index is -0.531. The Kier molecular flexibility index (Phi) is 6.14. The van der Waals surface area contributed by atoms with Crippen molar-refractivity contribution in [3.63, 3.8) is 0 Å². The van der Waals surface area contributed by atoms with Gasteiger partial charge in [0.1, 0.15) is 17.6 Å². The molecular weight excluding hydrogens is 346 g/mol. The van der Waals surface area contributed by atoms with E-state index in [-0.39, 0.29) is 5.91 Å². The lowest BCUT2D eigenvalue weighted by Gasteiger charge is -2.18. The second-order valence-electron chi connectivity index (χ2n) is 6.16. The fraction of sp³-hybridized carbons (Fsp3) is 0.389. The third-order valence-corrected chi connectivity index (χ3v) is 4.24. The molecule has 0 fully saturated rings. The van der Waals surface area contributed by atoms with Crippen LogP contribution < -0.4 is 10.1 Å². The average Bonchev–Trinajstić information content (AvgIpc) is 3.35. The molecule has 3 rings (SSSR count). The smallest absolute Gasteiger partial charge is 0.245 e. The lowest BCUT2D eigenvalue weighted by Crippen LogP contribution is -2.35. The van der Waals surface area contributed by atoms with Crippen LogP contribution in [0.3, 0.4) is 0 Å². The van der Waals surface area contributed by atoms with E-state index in [1.54, 1.807) is 24.9 Å². The van der Waals surface area contributed by atoms with Crippen molar-refractivity contribution in [2.75, 3.05) is 13.7 Å². The summed E-state index contributed by atoms with van der Waals surface area (Å²) >= 11 is 0. The van der Waals surface area contributed by atoms with Gasteiger partial charge in [-0.05, 0) is 47.5 Å². The summed E-state index contributed by atoms with van der Waals surface area (Å²) < 4.78 is 8.67. The highest BCUT2D eigenvalue weighted by molar-refractivity contribution is 5.80. The molecule has 0 radical (unpaired) electrons. The van der Waals surface area contributed by atoms with Gasteiger partial charge in [-0.3, -0.25) is 9.48 Å². The molecule has 1 amide bonds. The van der Waals surface area contributed by atoms with Crippen molar-refractivity contribution >= 4 is 5.91 Å². The monoisotopic (exact) mass is 369 g/mol. The summed E-state index contributed by atoms with van der Waals surface area (Å²) in [4.78, 5) is 12.8. The van der Waals surface area contributed by atoms with E-state index in [4.69, 9.17) is 4.74 Å². The molecule has 0 aliphatic rings. The average molecular weight is 369 g/mol. The van der Waals surface area contributed by atoms with Gasteiger partial charge in [-0.2, -0.15) is 5.10 Å². The van der Waals surface area contributed by atoms with E-state index in [1.165, 1.54) is 0 Å². The number of nitrogens with one attached hydrogen (secondary N) is 1. The summed E-state index contributed by atoms with van der Waals surface area (Å²) in [6.45, 7) is 3.08. The molecular formula is C18H23N7O2. The molecule has 2 heterocycles. The van der Waals surface area contributed by atoms with Gasteiger partial charge < -0.3 is 10.1 Å². The van der Waals surface area contributed by atoms with Crippen molar-refractivity contribution in [1.82, 2.24) is 35.3 Å². The first-order valence-corrected chi connectivity index (χ1v) is 8.80. The quantitative estimate of drug-likeness (QED) is 0.569. The minimum Gasteiger partial charge on any atom is -0.497 e. The Hall–Kier alpha value is -3.23. The first-order chi connectivity index (χ1) is 13.2. The normalized spacial score (nSPS) is 11.9. The highest BCUT2D eigenvalue weighted by Gasteiger charge is 2.24. The maximum absolute atomic E-state index is 12.8. The SMILES string of the molecule is COc1cccc(C[C@H](C(=O)NCCCn2cccn2)n2nnnc2C)c1. The molecule has 0 spiro atoms. The molecule has 0 aliphatic heterocycles. The molecule has 1 N–H and O–H groups in total. The summed E-state index contributed by atoms with van der Waals surface area (Å²) in [5, 5.41) is 18.7. The van der Waals surface area contributed by atoms with Crippen LogP contribution in [0.15, 0.2) is 42.7 Å². The van der Waals surface area contributed by atoms with Crippen molar-refractivity contribution in [1.29, 1.82) is 0 Å². The number of carbonyl (C=O) groups is 1. The van der Waals surface area contributed by atoms with Crippen LogP contribution in [0.4, 0.5) is 0 Å². The molecule has 0 saturated heterocycles. The zero-order valence-corrected chi connectivity index (χ0v) is 15.4. The van der Waals surface area contributed by atoms with E-state index in [1.807, 2.05) is 41.2 Å². The van der Waals surface area contributed by atoms with Crippen molar-refractivity contribution in [3.05, 3.63) is 54.1 Å². The van der Waals surface area contributed by atoms with Crippen LogP contribution in [0.25, 0.3) is 0 Å². The number of aryl methyl sites for hydroxylation is 2. The summed E-state index contributed by atoms with van der Waals surface area (Å²) in [5.74, 6) is 1.22. The molecule has 2 aromatic heterocycles. The third kappa shape index (κ3) is 4.90. The summed E-state index contributed by atoms with van der Waals surface area (Å²) in [5.41, 5.74) is 0.973. The fourth-order valence-electron chi connectivity index (χ4n) is 2.84. The van der Waals surface area contributed by atoms with Gasteiger partial charge in [0.15, 0.2) is 0 Å². The number of ether oxygens (including phenoxy) is 1. The second-order valence-corrected chi connectivity index (χ2v) is 6.16. The molecule has 0 bridgehead atoms. The number of benzene rings is 1. The van der Waals surface area contributed by atoms with Crippen molar-refractivity contribution < 1.29 is 9.53 Å². The van der Waals surface area contributed by atoms with Crippen LogP contribution in [0.2, 0.25) is 0 Å². The van der Waals surface area contributed by atoms with E-state index in [2.05, 4.69) is 25.9 Å². The molecule has 9 heteroatoms. The number of carbonyl (C=O) groups excluding carboxylic acids is 1. The standard InChI is InChI=1S/C18H23N7O2/c1-14-21-22-23-25(14)17(13-15-6-3-7-16(12-15)27-2)18(26)19-8-4-10-24-11-5-9-20-24/h3,5-7,9,11-12,17H,4,8,10,13H2,1-2H3,(H,19,26)/t17-/m1/s1. The Morgan fingerprint density at radius 2 is 2.22 bits per heavy atom. The number of tetrazole rings is 1. The van der Waals surface area contributed by atoms with E-state index in [9.17, 15) is 4.79 Å². The van der Waals surface area contributed by atoms with Crippen LogP contribution in [0.1, 0.15) is 23.9 Å². The van der Waals surface area contributed by atoms with Gasteiger partial charge in [-0.15, -0.1) is 5.10 Å². The van der Waals surface area contributed by atoms with Gasteiger partial charge >= 0.3 is 0 Å². The minimum absolute atomic E-state index is 0.117. The Balaban J connectivity index is 1.65. The maximum atomic E-state index is 12.8. The summed E-state index contributed by atoms with van der Waals surface area (Å²) in [6, 6.07) is 8.99. The lowest BCUT2D eigenvalue weighted by atomic mass is 10.0. The number of hydrogen-bond acceptors (Lipinski definition) is 6. The van der Waals surface area contributed by atoms with Crippen molar-refractivity contribution in [2.45, 2.75) is 32.4 Å². The van der Waals surface area contributed by atoms with Gasteiger partial charge in [0.2, 0.25) is 5.91 Å². The molecule has 0 aliphatic carbocycles. The zero-order chi connectivity index (χ0) is 19.1. The highest BCUT2D eigenvalue weighted by Crippen LogP contribution is 2.19. The first-order valence-electron chi connectivity index (χ1n) is 8.80. The van der Waals surface area contributed by atoms with Gasteiger partial charge in [-0.1, -0.05) is 12.1 Å². The molecule has 9 nitrogen and oxygen atoms in total. The first kappa shape index (κ1) is 18.6. The molecule has 142 valence electrons. The molecule has 1 atom stereocenters. The molecule has 27 heavy (non-hydrogen) atoms. The topological polar surface area (TPSA) is 99.8 Å². The van der Waals surface area contributed by atoms with Crippen LogP contribution >= 0.6 is 0 Å². The van der Waals surface area contributed by atoms with Crippen LogP contribution in [0, 0.1) is 6.92 Å². The second kappa shape index (κ2) is 8.93. The van der Waals surface area contributed by atoms with Crippen LogP contribution in [-0.4, -0.2) is 49.5 Å². The summed E-state index contributed by atoms with van der Waals surface area (Å²) in [6.07, 6.45) is 4.89. The molecule has 3 aromatic rings. The number of methoxy groups -OCH3 is 1. The Morgan fingerprint density at radius 1 is 1.33 bits per heavy atom. The van der Waals surface area contributed by atoms with Gasteiger partial charge in [0.25, 0.3) is 0 Å². The third-order valence-electron chi connectivity index (χ3n) is 4.24. The van der Waals surface area contributed by atoms with E-state index >= 15 is 0 Å². The van der Waals surface area contributed by atoms with Crippen LogP contribution in [0.5, 0.6) is 5.75 Å². The van der Waals surface area contributed by atoms with Gasteiger partial charge in [0, 0.05) is 31.9 Å². The number of rotatable bonds is 9. The Bertz CT molecular complexity index is 860. The number of amides is 1.